The zero-order chi connectivity index (χ0) is 7.83. The lowest BCUT2D eigenvalue weighted by molar-refractivity contribution is 0.162. The molecule has 0 unspecified atom stereocenters. The molecule has 1 nitrogen and oxygen atoms in total. The van der Waals surface area contributed by atoms with Gasteiger partial charge in [-0.1, -0.05) is 20.8 Å². The van der Waals surface area contributed by atoms with Crippen LogP contribution in [0.15, 0.2) is 0 Å². The van der Waals surface area contributed by atoms with Crippen LogP contribution < -0.4 is 0 Å². The van der Waals surface area contributed by atoms with Crippen LogP contribution in [0.3, 0.4) is 0 Å². The second kappa shape index (κ2) is 2.23. The van der Waals surface area contributed by atoms with Crippen LogP contribution in [-0.2, 0) is 0 Å². The molecule has 0 atom stereocenters. The minimum atomic E-state index is 0.332. The molecule has 0 aliphatic heterocycles. The van der Waals surface area contributed by atoms with Gasteiger partial charge in [0.1, 0.15) is 0 Å². The molecule has 1 fully saturated rings. The van der Waals surface area contributed by atoms with Gasteiger partial charge < -0.3 is 5.11 Å². The van der Waals surface area contributed by atoms with Gasteiger partial charge in [-0.2, -0.15) is 0 Å². The summed E-state index contributed by atoms with van der Waals surface area (Å²) < 4.78 is 0. The largest absolute Gasteiger partial charge is 0.396 e. The number of aliphatic hydroxyl groups is 1. The predicted molar refractivity (Wildman–Crippen MR) is 42.8 cm³/mol. The lowest BCUT2D eigenvalue weighted by atomic mass is 9.83. The van der Waals surface area contributed by atoms with E-state index in [0.717, 1.165) is 0 Å². The van der Waals surface area contributed by atoms with Crippen molar-refractivity contribution in [2.75, 3.05) is 6.61 Å². The van der Waals surface area contributed by atoms with Crippen LogP contribution in [-0.4, -0.2) is 11.7 Å². The molecular weight excluding hydrogens is 124 g/mol. The Morgan fingerprint density at radius 1 is 1.30 bits per heavy atom. The highest BCUT2D eigenvalue weighted by Crippen LogP contribution is 2.52. The molecule has 10 heavy (non-hydrogen) atoms. The van der Waals surface area contributed by atoms with E-state index < -0.39 is 0 Å². The Morgan fingerprint density at radius 3 is 1.90 bits per heavy atom. The van der Waals surface area contributed by atoms with E-state index in [4.69, 9.17) is 5.11 Å². The monoisotopic (exact) mass is 142 g/mol. The van der Waals surface area contributed by atoms with E-state index in [1.807, 2.05) is 0 Å². The molecule has 1 aliphatic rings. The maximum Gasteiger partial charge on any atom is 0.0487 e. The van der Waals surface area contributed by atoms with Crippen LogP contribution in [0.2, 0.25) is 0 Å². The van der Waals surface area contributed by atoms with Gasteiger partial charge >= 0.3 is 0 Å². The first-order valence-electron chi connectivity index (χ1n) is 4.08. The molecule has 0 bridgehead atoms. The molecular formula is C9H18O. The average Bonchev–Trinajstić information content (AvgIpc) is 2.45. The van der Waals surface area contributed by atoms with E-state index in [-0.39, 0.29) is 0 Å². The molecule has 1 aliphatic carbocycles. The summed E-state index contributed by atoms with van der Waals surface area (Å²) in [7, 11) is 0. The Hall–Kier alpha value is -0.0400. The minimum Gasteiger partial charge on any atom is -0.396 e. The first-order valence-corrected chi connectivity index (χ1v) is 4.08. The molecule has 0 saturated heterocycles. The fraction of sp³-hybridized carbons (Fsp3) is 1.00. The molecule has 60 valence electrons. The fourth-order valence-corrected chi connectivity index (χ4v) is 1.69. The lowest BCUT2D eigenvalue weighted by Crippen LogP contribution is -2.16. The highest BCUT2D eigenvalue weighted by Gasteiger charge is 2.44. The second-order valence-electron chi connectivity index (χ2n) is 4.90. The number of hydrogen-bond acceptors (Lipinski definition) is 1. The lowest BCUT2D eigenvalue weighted by Gasteiger charge is -2.23. The summed E-state index contributed by atoms with van der Waals surface area (Å²) in [6.45, 7) is 7.11. The number of aliphatic hydroxyl groups excluding tert-OH is 1. The molecule has 0 aromatic rings. The average molecular weight is 142 g/mol. The standard InChI is InChI=1S/C9H18O/c1-8(2,3)6-9(7-10)4-5-9/h10H,4-7H2,1-3H3. The number of hydrogen-bond donors (Lipinski definition) is 1. The van der Waals surface area contributed by atoms with Gasteiger partial charge in [0.05, 0.1) is 0 Å². The summed E-state index contributed by atoms with van der Waals surface area (Å²) in [5, 5.41) is 9.02. The van der Waals surface area contributed by atoms with Crippen LogP contribution in [0, 0.1) is 10.8 Å². The molecule has 0 amide bonds. The normalized spacial score (nSPS) is 22.8. The fourth-order valence-electron chi connectivity index (χ4n) is 1.69. The third kappa shape index (κ3) is 1.98. The van der Waals surface area contributed by atoms with E-state index in [2.05, 4.69) is 20.8 Å². The number of rotatable bonds is 2. The molecule has 0 spiro atoms. The Balaban J connectivity index is 2.38. The van der Waals surface area contributed by atoms with Crippen molar-refractivity contribution in [3.63, 3.8) is 0 Å². The Bertz CT molecular complexity index is 117. The van der Waals surface area contributed by atoms with Gasteiger partial charge in [-0.15, -0.1) is 0 Å². The topological polar surface area (TPSA) is 20.2 Å². The van der Waals surface area contributed by atoms with Gasteiger partial charge in [-0.3, -0.25) is 0 Å². The van der Waals surface area contributed by atoms with Gasteiger partial charge in [0.15, 0.2) is 0 Å². The molecule has 1 rings (SSSR count). The third-order valence-electron chi connectivity index (χ3n) is 2.20. The van der Waals surface area contributed by atoms with Crippen LogP contribution >= 0.6 is 0 Å². The minimum absolute atomic E-state index is 0.332. The van der Waals surface area contributed by atoms with Crippen molar-refractivity contribution in [3.05, 3.63) is 0 Å². The van der Waals surface area contributed by atoms with Crippen LogP contribution in [0.25, 0.3) is 0 Å². The van der Waals surface area contributed by atoms with Crippen molar-refractivity contribution in [2.24, 2.45) is 10.8 Å². The first-order chi connectivity index (χ1) is 4.47. The van der Waals surface area contributed by atoms with Gasteiger partial charge in [0, 0.05) is 6.61 Å². The zero-order valence-electron chi connectivity index (χ0n) is 7.28. The van der Waals surface area contributed by atoms with Crippen LogP contribution in [0.1, 0.15) is 40.0 Å². The molecule has 0 aromatic carbocycles. The van der Waals surface area contributed by atoms with Gasteiger partial charge in [-0.25, -0.2) is 0 Å². The maximum absolute atomic E-state index is 9.02. The zero-order valence-corrected chi connectivity index (χ0v) is 7.28. The van der Waals surface area contributed by atoms with Gasteiger partial charge in [-0.05, 0) is 30.1 Å². The molecule has 1 saturated carbocycles. The van der Waals surface area contributed by atoms with Crippen molar-refractivity contribution in [2.45, 2.75) is 40.0 Å². The van der Waals surface area contributed by atoms with Crippen molar-refractivity contribution in [3.8, 4) is 0 Å². The molecule has 1 N–H and O–H groups in total. The van der Waals surface area contributed by atoms with Gasteiger partial charge in [0.2, 0.25) is 0 Å². The van der Waals surface area contributed by atoms with Gasteiger partial charge in [0.25, 0.3) is 0 Å². The summed E-state index contributed by atoms with van der Waals surface area (Å²) in [6, 6.07) is 0. The highest BCUT2D eigenvalue weighted by molar-refractivity contribution is 4.95. The van der Waals surface area contributed by atoms with Crippen molar-refractivity contribution in [1.82, 2.24) is 0 Å². The SMILES string of the molecule is CC(C)(C)CC1(CO)CC1. The van der Waals surface area contributed by atoms with Crippen LogP contribution in [0.4, 0.5) is 0 Å². The van der Waals surface area contributed by atoms with E-state index in [9.17, 15) is 0 Å². The third-order valence-corrected chi connectivity index (χ3v) is 2.20. The molecule has 0 heterocycles. The molecule has 0 radical (unpaired) electrons. The summed E-state index contributed by atoms with van der Waals surface area (Å²) in [5.41, 5.74) is 0.720. The molecule has 1 heteroatoms. The first kappa shape index (κ1) is 8.06. The highest BCUT2D eigenvalue weighted by atomic mass is 16.3. The van der Waals surface area contributed by atoms with E-state index >= 15 is 0 Å². The smallest absolute Gasteiger partial charge is 0.0487 e. The second-order valence-corrected chi connectivity index (χ2v) is 4.90. The van der Waals surface area contributed by atoms with Crippen molar-refractivity contribution < 1.29 is 5.11 Å². The van der Waals surface area contributed by atoms with Crippen molar-refractivity contribution in [1.29, 1.82) is 0 Å². The van der Waals surface area contributed by atoms with E-state index in [1.54, 1.807) is 0 Å². The van der Waals surface area contributed by atoms with Crippen LogP contribution in [0.5, 0.6) is 0 Å². The van der Waals surface area contributed by atoms with E-state index in [0.29, 0.717) is 17.4 Å². The summed E-state index contributed by atoms with van der Waals surface area (Å²) in [5.74, 6) is 0. The van der Waals surface area contributed by atoms with Crippen molar-refractivity contribution >= 4 is 0 Å². The Labute approximate surface area is 63.4 Å². The predicted octanol–water partition coefficient (Wildman–Crippen LogP) is 2.20. The summed E-state index contributed by atoms with van der Waals surface area (Å²) in [6.07, 6.45) is 3.65. The molecule has 0 aromatic heterocycles. The quantitative estimate of drug-likeness (QED) is 0.626. The Kier molecular flexibility index (Phi) is 1.80. The summed E-state index contributed by atoms with van der Waals surface area (Å²) >= 11 is 0. The van der Waals surface area contributed by atoms with E-state index in [1.165, 1.54) is 19.3 Å². The maximum atomic E-state index is 9.02. The Morgan fingerprint density at radius 2 is 1.80 bits per heavy atom. The summed E-state index contributed by atoms with van der Waals surface area (Å²) in [4.78, 5) is 0.